The maximum absolute atomic E-state index is 11.3. The second-order valence-electron chi connectivity index (χ2n) is 10.8. The number of ether oxygens (including phenoxy) is 1. The molecule has 4 fully saturated rings. The molecule has 6 nitrogen and oxygen atoms in total. The van der Waals surface area contributed by atoms with Crippen LogP contribution in [0.4, 0.5) is 0 Å². The predicted molar refractivity (Wildman–Crippen MR) is 102 cm³/mol. The number of esters is 1. The molecule has 4 saturated carbocycles. The minimum atomic E-state index is -1.02. The molecule has 0 radical (unpaired) electrons. The number of carbonyl (C=O) groups is 1. The second-order valence-corrected chi connectivity index (χ2v) is 10.8. The molecule has 0 amide bonds. The molecule has 4 aliphatic carbocycles. The molecule has 0 unspecified atom stereocenters. The monoisotopic (exact) mass is 396 g/mol. The summed E-state index contributed by atoms with van der Waals surface area (Å²) < 4.78 is 5.19. The minimum absolute atomic E-state index is 0.00283. The SMILES string of the molecule is CC(=O)OC[C@@]1(O)CC[C@]23C[C@H]1C[C@@H]2[C@H](O)C[C@H]1[C@](C)(CO)[C@H](O)CC[C@@]13C. The third kappa shape index (κ3) is 2.50. The van der Waals surface area contributed by atoms with Crippen LogP contribution in [0.25, 0.3) is 0 Å². The molecule has 0 aromatic carbocycles. The Bertz CT molecular complexity index is 653. The third-order valence-corrected chi connectivity index (χ3v) is 9.83. The van der Waals surface area contributed by atoms with Gasteiger partial charge < -0.3 is 25.2 Å². The number of rotatable bonds is 3. The van der Waals surface area contributed by atoms with E-state index in [1.54, 1.807) is 0 Å². The van der Waals surface area contributed by atoms with E-state index in [-0.39, 0.29) is 47.8 Å². The zero-order chi connectivity index (χ0) is 20.5. The summed E-state index contributed by atoms with van der Waals surface area (Å²) in [6.45, 7) is 5.58. The van der Waals surface area contributed by atoms with E-state index in [0.29, 0.717) is 19.3 Å². The molecule has 160 valence electrons. The van der Waals surface area contributed by atoms with Gasteiger partial charge in [0, 0.05) is 12.3 Å². The number of hydrogen-bond acceptors (Lipinski definition) is 6. The normalized spacial score (nSPS) is 55.3. The first-order valence-corrected chi connectivity index (χ1v) is 10.9. The highest BCUT2D eigenvalue weighted by molar-refractivity contribution is 5.66. The average Bonchev–Trinajstić information content (AvgIpc) is 3.02. The molecule has 2 bridgehead atoms. The lowest BCUT2D eigenvalue weighted by atomic mass is 9.38. The maximum Gasteiger partial charge on any atom is 0.302 e. The molecular weight excluding hydrogens is 360 g/mol. The highest BCUT2D eigenvalue weighted by Crippen LogP contribution is 2.75. The van der Waals surface area contributed by atoms with Gasteiger partial charge in [0.05, 0.1) is 18.8 Å². The quantitative estimate of drug-likeness (QED) is 0.540. The van der Waals surface area contributed by atoms with Gasteiger partial charge in [0.2, 0.25) is 0 Å². The maximum atomic E-state index is 11.3. The number of fused-ring (bicyclic) bond motifs is 2. The first-order chi connectivity index (χ1) is 13.0. The van der Waals surface area contributed by atoms with E-state index in [0.717, 1.165) is 25.7 Å². The molecular formula is C22H36O6. The van der Waals surface area contributed by atoms with E-state index in [1.807, 2.05) is 6.92 Å². The van der Waals surface area contributed by atoms with Crippen molar-refractivity contribution in [1.29, 1.82) is 0 Å². The highest BCUT2D eigenvalue weighted by Gasteiger charge is 2.72. The Morgan fingerprint density at radius 1 is 1.14 bits per heavy atom. The summed E-state index contributed by atoms with van der Waals surface area (Å²) >= 11 is 0. The van der Waals surface area contributed by atoms with Crippen molar-refractivity contribution < 1.29 is 30.0 Å². The van der Waals surface area contributed by atoms with Crippen LogP contribution >= 0.6 is 0 Å². The predicted octanol–water partition coefficient (Wildman–Crippen LogP) is 1.63. The molecule has 4 N–H and O–H groups in total. The fraction of sp³-hybridized carbons (Fsp3) is 0.955. The van der Waals surface area contributed by atoms with Gasteiger partial charge >= 0.3 is 5.97 Å². The Balaban J connectivity index is 1.70. The first-order valence-electron chi connectivity index (χ1n) is 10.9. The van der Waals surface area contributed by atoms with E-state index in [2.05, 4.69) is 6.92 Å². The summed E-state index contributed by atoms with van der Waals surface area (Å²) in [4.78, 5) is 11.3. The van der Waals surface area contributed by atoms with Crippen LogP contribution in [-0.4, -0.2) is 57.4 Å². The molecule has 4 rings (SSSR count). The van der Waals surface area contributed by atoms with E-state index >= 15 is 0 Å². The molecule has 28 heavy (non-hydrogen) atoms. The van der Waals surface area contributed by atoms with Crippen molar-refractivity contribution in [1.82, 2.24) is 0 Å². The standard InChI is InChI=1S/C22H36O6/c1-13(24)28-12-22(27)7-6-21-10-14(22)8-15(21)16(25)9-17-19(2,11-23)18(26)4-5-20(17,21)3/h14-18,23,25-27H,4-12H2,1-3H3/t14-,15-,16-,17+,18-,19+,20+,21+,22+/m1/s1. The van der Waals surface area contributed by atoms with E-state index in [9.17, 15) is 25.2 Å². The summed E-state index contributed by atoms with van der Waals surface area (Å²) in [7, 11) is 0. The molecule has 0 aromatic heterocycles. The summed E-state index contributed by atoms with van der Waals surface area (Å²) in [5.41, 5.74) is -1.82. The van der Waals surface area contributed by atoms with Gasteiger partial charge in [-0.2, -0.15) is 0 Å². The van der Waals surface area contributed by atoms with Crippen molar-refractivity contribution in [3.05, 3.63) is 0 Å². The third-order valence-electron chi connectivity index (χ3n) is 9.83. The van der Waals surface area contributed by atoms with Crippen LogP contribution in [0.2, 0.25) is 0 Å². The van der Waals surface area contributed by atoms with Crippen LogP contribution in [0.5, 0.6) is 0 Å². The number of aliphatic hydroxyl groups is 4. The zero-order valence-corrected chi connectivity index (χ0v) is 17.4. The largest absolute Gasteiger partial charge is 0.463 e. The number of hydrogen-bond donors (Lipinski definition) is 4. The molecule has 0 heterocycles. The van der Waals surface area contributed by atoms with Gasteiger partial charge in [0.1, 0.15) is 12.2 Å². The van der Waals surface area contributed by atoms with Gasteiger partial charge in [0.25, 0.3) is 0 Å². The Kier molecular flexibility index (Phi) is 4.70. The van der Waals surface area contributed by atoms with Gasteiger partial charge in [-0.1, -0.05) is 13.8 Å². The van der Waals surface area contributed by atoms with Gasteiger partial charge in [-0.3, -0.25) is 4.79 Å². The summed E-state index contributed by atoms with van der Waals surface area (Å²) in [5.74, 6) is -0.221. The Hall–Kier alpha value is -0.690. The van der Waals surface area contributed by atoms with Crippen molar-refractivity contribution in [2.75, 3.05) is 13.2 Å². The Morgan fingerprint density at radius 3 is 2.50 bits per heavy atom. The fourth-order valence-electron chi connectivity index (χ4n) is 8.08. The summed E-state index contributed by atoms with van der Waals surface area (Å²) in [6.07, 6.45) is 4.00. The second kappa shape index (κ2) is 6.40. The van der Waals surface area contributed by atoms with Crippen LogP contribution in [-0.2, 0) is 9.53 Å². The molecule has 1 spiro atoms. The number of aliphatic hydroxyl groups excluding tert-OH is 3. The van der Waals surface area contributed by atoms with Crippen molar-refractivity contribution in [2.24, 2.45) is 34.0 Å². The van der Waals surface area contributed by atoms with Crippen molar-refractivity contribution in [3.63, 3.8) is 0 Å². The average molecular weight is 397 g/mol. The van der Waals surface area contributed by atoms with Crippen LogP contribution in [0, 0.1) is 34.0 Å². The van der Waals surface area contributed by atoms with Crippen molar-refractivity contribution >= 4 is 5.97 Å². The van der Waals surface area contributed by atoms with Crippen LogP contribution in [0.1, 0.15) is 65.7 Å². The van der Waals surface area contributed by atoms with Gasteiger partial charge in [-0.25, -0.2) is 0 Å². The van der Waals surface area contributed by atoms with Gasteiger partial charge in [0.15, 0.2) is 0 Å². The zero-order valence-electron chi connectivity index (χ0n) is 17.4. The molecule has 0 aliphatic heterocycles. The van der Waals surface area contributed by atoms with Crippen LogP contribution in [0.3, 0.4) is 0 Å². The van der Waals surface area contributed by atoms with E-state index < -0.39 is 23.2 Å². The van der Waals surface area contributed by atoms with Crippen molar-refractivity contribution in [2.45, 2.75) is 83.5 Å². The Labute approximate surface area is 167 Å². The first kappa shape index (κ1) is 20.6. The summed E-state index contributed by atoms with van der Waals surface area (Å²) in [5, 5.41) is 43.3. The van der Waals surface area contributed by atoms with E-state index in [1.165, 1.54) is 6.92 Å². The van der Waals surface area contributed by atoms with Crippen LogP contribution in [0.15, 0.2) is 0 Å². The fourth-order valence-corrected chi connectivity index (χ4v) is 8.08. The Morgan fingerprint density at radius 2 is 1.86 bits per heavy atom. The lowest BCUT2D eigenvalue weighted by molar-refractivity contribution is -0.237. The molecule has 4 aliphatic rings. The minimum Gasteiger partial charge on any atom is -0.463 e. The van der Waals surface area contributed by atoms with Crippen molar-refractivity contribution in [3.8, 4) is 0 Å². The lowest BCUT2D eigenvalue weighted by Crippen LogP contribution is -2.65. The topological polar surface area (TPSA) is 107 Å². The molecule has 0 saturated heterocycles. The molecule has 9 atom stereocenters. The number of carbonyl (C=O) groups excluding carboxylic acids is 1. The highest BCUT2D eigenvalue weighted by atomic mass is 16.5. The van der Waals surface area contributed by atoms with Gasteiger partial charge in [-0.15, -0.1) is 0 Å². The van der Waals surface area contributed by atoms with Gasteiger partial charge in [-0.05, 0) is 73.5 Å². The molecule has 0 aromatic rings. The summed E-state index contributed by atoms with van der Waals surface area (Å²) in [6, 6.07) is 0. The van der Waals surface area contributed by atoms with E-state index in [4.69, 9.17) is 4.74 Å². The molecule has 6 heteroatoms. The van der Waals surface area contributed by atoms with Crippen LogP contribution < -0.4 is 0 Å². The smallest absolute Gasteiger partial charge is 0.302 e. The lowest BCUT2D eigenvalue weighted by Gasteiger charge is -2.67.